The summed E-state index contributed by atoms with van der Waals surface area (Å²) in [6.07, 6.45) is 1.43. The highest BCUT2D eigenvalue weighted by Gasteiger charge is 2.38. The Hall–Kier alpha value is -3.26. The van der Waals surface area contributed by atoms with Crippen LogP contribution in [0.3, 0.4) is 0 Å². The van der Waals surface area contributed by atoms with Crippen LogP contribution in [0.25, 0.3) is 0 Å². The summed E-state index contributed by atoms with van der Waals surface area (Å²) in [4.78, 5) is 78.4. The molecule has 14 heteroatoms. The zero-order chi connectivity index (χ0) is 31.3. The number of carbonyl (C=O) groups is 6. The van der Waals surface area contributed by atoms with Gasteiger partial charge >= 0.3 is 5.97 Å². The van der Waals surface area contributed by atoms with Crippen LogP contribution in [0.4, 0.5) is 0 Å². The van der Waals surface area contributed by atoms with Gasteiger partial charge in [0.2, 0.25) is 29.5 Å². The second kappa shape index (κ2) is 16.9. The van der Waals surface area contributed by atoms with Crippen LogP contribution < -0.4 is 21.3 Å². The topological polar surface area (TPSA) is 214 Å². The number of carboxylic acids is 1. The zero-order valence-corrected chi connectivity index (χ0v) is 24.7. The lowest BCUT2D eigenvalue weighted by Crippen LogP contribution is -2.61. The molecule has 1 heterocycles. The van der Waals surface area contributed by atoms with Crippen molar-refractivity contribution in [2.45, 2.75) is 97.3 Å². The first-order chi connectivity index (χ1) is 19.2. The number of nitrogens with one attached hydrogen (secondary N) is 4. The third kappa shape index (κ3) is 11.6. The summed E-state index contributed by atoms with van der Waals surface area (Å²) in [6, 6.07) is -5.27. The van der Waals surface area contributed by atoms with Crippen LogP contribution >= 0.6 is 0 Å². The number of likely N-dealkylation sites (tertiary alicyclic amines) is 1. The number of aliphatic carboxylic acids is 1. The van der Waals surface area contributed by atoms with Crippen LogP contribution in [0.1, 0.15) is 73.1 Å². The molecule has 5 amide bonds. The van der Waals surface area contributed by atoms with Crippen molar-refractivity contribution >= 4 is 35.5 Å². The normalized spacial score (nSPS) is 15.7. The molecule has 3 atom stereocenters. The average molecular weight is 586 g/mol. The van der Waals surface area contributed by atoms with E-state index in [-0.39, 0.29) is 11.8 Å². The lowest BCUT2D eigenvalue weighted by atomic mass is 9.85. The van der Waals surface area contributed by atoms with Gasteiger partial charge in [0, 0.05) is 19.0 Å². The Kier molecular flexibility index (Phi) is 14.7. The molecule has 0 saturated carbocycles. The molecule has 0 aliphatic carbocycles. The summed E-state index contributed by atoms with van der Waals surface area (Å²) in [6.45, 7) is 8.65. The standard InChI is InChI=1S/C27H47N5O9/c1-6-16(7-2)23(38)31-22(27(3,4)5)26(41)30-18(12-20(35)32-10-8-9-11-32)25(40)29-19(13-21(36)37)24(39)28-17(14-33)15-34/h16-19,22,33-34H,6-15H2,1-5H3,(H,28,39)(H,29,40)(H,30,41)(H,31,38)(H,36,37). The second-order valence-corrected chi connectivity index (χ2v) is 11.4. The third-order valence-corrected chi connectivity index (χ3v) is 7.04. The van der Waals surface area contributed by atoms with E-state index in [2.05, 4.69) is 21.3 Å². The predicted octanol–water partition coefficient (Wildman–Crippen LogP) is -1.12. The number of rotatable bonds is 16. The van der Waals surface area contributed by atoms with Crippen LogP contribution in [0.5, 0.6) is 0 Å². The summed E-state index contributed by atoms with van der Waals surface area (Å²) >= 11 is 0. The Balaban J connectivity index is 3.26. The third-order valence-electron chi connectivity index (χ3n) is 7.04. The number of nitrogens with zero attached hydrogens (tertiary/aromatic N) is 1. The van der Waals surface area contributed by atoms with E-state index in [0.717, 1.165) is 12.8 Å². The predicted molar refractivity (Wildman–Crippen MR) is 148 cm³/mol. The van der Waals surface area contributed by atoms with Crippen molar-refractivity contribution in [3.63, 3.8) is 0 Å². The van der Waals surface area contributed by atoms with Crippen molar-refractivity contribution in [3.8, 4) is 0 Å². The maximum absolute atomic E-state index is 13.5. The molecule has 1 aliphatic rings. The molecule has 14 nitrogen and oxygen atoms in total. The SMILES string of the molecule is CCC(CC)C(=O)NC(C(=O)NC(CC(=O)N1CCCC1)C(=O)NC(CC(=O)O)C(=O)NC(CO)CO)C(C)(C)C. The van der Waals surface area contributed by atoms with Gasteiger partial charge in [0.05, 0.1) is 32.1 Å². The van der Waals surface area contributed by atoms with E-state index in [4.69, 9.17) is 0 Å². The minimum Gasteiger partial charge on any atom is -0.481 e. The lowest BCUT2D eigenvalue weighted by molar-refractivity contribution is -0.142. The number of aliphatic hydroxyl groups excluding tert-OH is 2. The van der Waals surface area contributed by atoms with E-state index in [1.807, 2.05) is 13.8 Å². The molecule has 0 bridgehead atoms. The van der Waals surface area contributed by atoms with Crippen LogP contribution in [0.15, 0.2) is 0 Å². The molecule has 0 aromatic carbocycles. The van der Waals surface area contributed by atoms with Crippen LogP contribution in [0, 0.1) is 11.3 Å². The maximum Gasteiger partial charge on any atom is 0.305 e. The van der Waals surface area contributed by atoms with Gasteiger partial charge in [0.15, 0.2) is 0 Å². The molecule has 1 saturated heterocycles. The van der Waals surface area contributed by atoms with E-state index in [1.165, 1.54) is 0 Å². The summed E-state index contributed by atoms with van der Waals surface area (Å²) in [5, 5.41) is 37.7. The van der Waals surface area contributed by atoms with Gasteiger partial charge in [-0.05, 0) is 31.1 Å². The molecule has 234 valence electrons. The van der Waals surface area contributed by atoms with Gasteiger partial charge in [-0.25, -0.2) is 0 Å². The highest BCUT2D eigenvalue weighted by atomic mass is 16.4. The van der Waals surface area contributed by atoms with E-state index < -0.39 is 85.2 Å². The first-order valence-corrected chi connectivity index (χ1v) is 14.1. The number of aliphatic hydroxyl groups is 2. The van der Waals surface area contributed by atoms with E-state index in [9.17, 15) is 44.1 Å². The molecular formula is C27H47N5O9. The fourth-order valence-corrected chi connectivity index (χ4v) is 4.44. The minimum atomic E-state index is -1.63. The van der Waals surface area contributed by atoms with E-state index >= 15 is 0 Å². The summed E-state index contributed by atoms with van der Waals surface area (Å²) in [5.74, 6) is -5.13. The van der Waals surface area contributed by atoms with E-state index in [0.29, 0.717) is 25.9 Å². The van der Waals surface area contributed by atoms with Gasteiger partial charge in [0.25, 0.3) is 0 Å². The van der Waals surface area contributed by atoms with Gasteiger partial charge < -0.3 is 41.5 Å². The van der Waals surface area contributed by atoms with Gasteiger partial charge in [0.1, 0.15) is 18.1 Å². The van der Waals surface area contributed by atoms with Crippen molar-refractivity contribution in [1.29, 1.82) is 0 Å². The van der Waals surface area contributed by atoms with Crippen LogP contribution in [0.2, 0.25) is 0 Å². The monoisotopic (exact) mass is 585 g/mol. The molecule has 0 radical (unpaired) electrons. The zero-order valence-electron chi connectivity index (χ0n) is 24.7. The fourth-order valence-electron chi connectivity index (χ4n) is 4.44. The number of hydrogen-bond donors (Lipinski definition) is 7. The Morgan fingerprint density at radius 1 is 0.732 bits per heavy atom. The second-order valence-electron chi connectivity index (χ2n) is 11.4. The molecule has 0 spiro atoms. The summed E-state index contributed by atoms with van der Waals surface area (Å²) in [7, 11) is 0. The molecule has 0 aromatic heterocycles. The summed E-state index contributed by atoms with van der Waals surface area (Å²) < 4.78 is 0. The lowest BCUT2D eigenvalue weighted by Gasteiger charge is -2.33. The van der Waals surface area contributed by atoms with Crippen LogP contribution in [-0.2, 0) is 28.8 Å². The molecule has 41 heavy (non-hydrogen) atoms. The van der Waals surface area contributed by atoms with Crippen molar-refractivity contribution in [3.05, 3.63) is 0 Å². The van der Waals surface area contributed by atoms with Crippen molar-refractivity contribution in [2.75, 3.05) is 26.3 Å². The van der Waals surface area contributed by atoms with Crippen molar-refractivity contribution in [1.82, 2.24) is 26.2 Å². The van der Waals surface area contributed by atoms with Crippen molar-refractivity contribution < 1.29 is 44.1 Å². The number of carbonyl (C=O) groups excluding carboxylic acids is 5. The summed E-state index contributed by atoms with van der Waals surface area (Å²) in [5.41, 5.74) is -0.777. The molecule has 1 rings (SSSR count). The Morgan fingerprint density at radius 3 is 1.68 bits per heavy atom. The number of amides is 5. The van der Waals surface area contributed by atoms with Gasteiger partial charge in [-0.3, -0.25) is 28.8 Å². The molecule has 3 unspecified atom stereocenters. The fraction of sp³-hybridized carbons (Fsp3) is 0.778. The molecular weight excluding hydrogens is 538 g/mol. The smallest absolute Gasteiger partial charge is 0.305 e. The number of carboxylic acid groups (broad SMARTS) is 1. The molecule has 0 aromatic rings. The van der Waals surface area contributed by atoms with Gasteiger partial charge in [-0.1, -0.05) is 34.6 Å². The molecule has 1 aliphatic heterocycles. The molecule has 1 fully saturated rings. The Morgan fingerprint density at radius 2 is 1.22 bits per heavy atom. The van der Waals surface area contributed by atoms with Gasteiger partial charge in [-0.15, -0.1) is 0 Å². The Bertz CT molecular complexity index is 923. The van der Waals surface area contributed by atoms with Gasteiger partial charge in [-0.2, -0.15) is 0 Å². The Labute approximate surface area is 241 Å². The highest BCUT2D eigenvalue weighted by molar-refractivity contribution is 5.97. The largest absolute Gasteiger partial charge is 0.481 e. The molecule has 7 N–H and O–H groups in total. The quantitative estimate of drug-likeness (QED) is 0.117. The van der Waals surface area contributed by atoms with Crippen LogP contribution in [-0.4, -0.2) is 106 Å². The average Bonchev–Trinajstić information content (AvgIpc) is 3.44. The van der Waals surface area contributed by atoms with Crippen molar-refractivity contribution in [2.24, 2.45) is 11.3 Å². The minimum absolute atomic E-state index is 0.319. The first-order valence-electron chi connectivity index (χ1n) is 14.1. The highest BCUT2D eigenvalue weighted by Crippen LogP contribution is 2.21. The maximum atomic E-state index is 13.5. The number of hydrogen-bond acceptors (Lipinski definition) is 8. The first kappa shape index (κ1) is 35.8. The van der Waals surface area contributed by atoms with E-state index in [1.54, 1.807) is 25.7 Å².